The first-order valence-electron chi connectivity index (χ1n) is 8.09. The van der Waals surface area contributed by atoms with E-state index >= 15 is 0 Å². The molecule has 0 N–H and O–H groups in total. The Morgan fingerprint density at radius 1 is 1.08 bits per heavy atom. The molecule has 0 saturated carbocycles. The lowest BCUT2D eigenvalue weighted by atomic mass is 10.0. The molecule has 0 aliphatic carbocycles. The molecule has 2 atom stereocenters. The first-order chi connectivity index (χ1) is 11.6. The fraction of sp³-hybridized carbons (Fsp3) is 0.412. The Balaban J connectivity index is 1.58. The second-order valence-electron chi connectivity index (χ2n) is 6.43. The number of amides is 1. The van der Waals surface area contributed by atoms with Crippen LogP contribution in [0.1, 0.15) is 36.2 Å². The second kappa shape index (κ2) is 5.73. The molecular formula is C17H18N2O4S. The van der Waals surface area contributed by atoms with Crippen molar-refractivity contribution in [2.24, 2.45) is 0 Å². The highest BCUT2D eigenvalue weighted by atomic mass is 32.2. The molecule has 0 radical (unpaired) electrons. The lowest BCUT2D eigenvalue weighted by Gasteiger charge is -2.38. The van der Waals surface area contributed by atoms with Crippen LogP contribution in [0.4, 0.5) is 0 Å². The molecule has 6 nitrogen and oxygen atoms in total. The number of fused-ring (bicyclic) bond motifs is 2. The van der Waals surface area contributed by atoms with Crippen LogP contribution in [0.2, 0.25) is 0 Å². The molecule has 0 spiro atoms. The number of piperidine rings is 1. The molecule has 0 unspecified atom stereocenters. The van der Waals surface area contributed by atoms with Crippen LogP contribution in [-0.4, -0.2) is 41.7 Å². The van der Waals surface area contributed by atoms with Gasteiger partial charge in [0.2, 0.25) is 5.76 Å². The number of benzene rings is 1. The number of sulfone groups is 1. The smallest absolute Gasteiger partial charge is 0.292 e. The number of rotatable bonds is 3. The molecule has 2 aliphatic rings. The van der Waals surface area contributed by atoms with Gasteiger partial charge in [0.1, 0.15) is 0 Å². The average molecular weight is 346 g/mol. The molecule has 24 heavy (non-hydrogen) atoms. The molecule has 1 aromatic heterocycles. The summed E-state index contributed by atoms with van der Waals surface area (Å²) in [7, 11) is -3.36. The van der Waals surface area contributed by atoms with Gasteiger partial charge >= 0.3 is 0 Å². The minimum Gasteiger partial charge on any atom is -0.351 e. The van der Waals surface area contributed by atoms with E-state index in [-0.39, 0.29) is 23.8 Å². The quantitative estimate of drug-likeness (QED) is 0.852. The van der Waals surface area contributed by atoms with Crippen LogP contribution >= 0.6 is 0 Å². The molecule has 2 aliphatic heterocycles. The molecule has 3 heterocycles. The number of nitrogens with zero attached hydrogens (tertiary/aromatic N) is 2. The van der Waals surface area contributed by atoms with Crippen LogP contribution in [0, 0.1) is 0 Å². The summed E-state index contributed by atoms with van der Waals surface area (Å²) in [5.41, 5.74) is 0. The minimum absolute atomic E-state index is 0.0511. The topological polar surface area (TPSA) is 80.5 Å². The first kappa shape index (κ1) is 15.4. The van der Waals surface area contributed by atoms with Gasteiger partial charge in [-0.3, -0.25) is 4.79 Å². The van der Waals surface area contributed by atoms with E-state index in [1.54, 1.807) is 41.3 Å². The van der Waals surface area contributed by atoms with E-state index < -0.39 is 15.1 Å². The monoisotopic (exact) mass is 346 g/mol. The van der Waals surface area contributed by atoms with Crippen LogP contribution in [0.5, 0.6) is 0 Å². The van der Waals surface area contributed by atoms with E-state index in [9.17, 15) is 13.2 Å². The van der Waals surface area contributed by atoms with E-state index in [2.05, 4.69) is 5.16 Å². The largest absolute Gasteiger partial charge is 0.351 e. The maximum absolute atomic E-state index is 12.9. The number of carbonyl (C=O) groups is 1. The average Bonchev–Trinajstić information content (AvgIpc) is 3.21. The van der Waals surface area contributed by atoms with Gasteiger partial charge in [-0.05, 0) is 37.8 Å². The van der Waals surface area contributed by atoms with E-state index in [0.717, 1.165) is 12.8 Å². The summed E-state index contributed by atoms with van der Waals surface area (Å²) in [6.07, 6.45) is 4.08. The van der Waals surface area contributed by atoms with Crippen molar-refractivity contribution in [1.29, 1.82) is 0 Å². The van der Waals surface area contributed by atoms with Crippen molar-refractivity contribution in [3.05, 3.63) is 48.4 Å². The molecule has 4 rings (SSSR count). The summed E-state index contributed by atoms with van der Waals surface area (Å²) in [6, 6.07) is 10.0. The number of carbonyl (C=O) groups excluding carboxylic acids is 1. The van der Waals surface area contributed by atoms with Gasteiger partial charge in [0.05, 0.1) is 16.3 Å². The zero-order chi connectivity index (χ0) is 16.7. The second-order valence-corrected chi connectivity index (χ2v) is 8.65. The fourth-order valence-electron chi connectivity index (χ4n) is 3.97. The van der Waals surface area contributed by atoms with Gasteiger partial charge in [-0.2, -0.15) is 0 Å². The minimum atomic E-state index is -3.36. The summed E-state index contributed by atoms with van der Waals surface area (Å²) < 4.78 is 30.7. The zero-order valence-corrected chi connectivity index (χ0v) is 13.9. The maximum Gasteiger partial charge on any atom is 0.292 e. The fourth-order valence-corrected chi connectivity index (χ4v) is 5.84. The van der Waals surface area contributed by atoms with E-state index in [1.807, 2.05) is 0 Å². The van der Waals surface area contributed by atoms with Crippen molar-refractivity contribution in [1.82, 2.24) is 10.1 Å². The highest BCUT2D eigenvalue weighted by Gasteiger charge is 2.47. The highest BCUT2D eigenvalue weighted by Crippen LogP contribution is 2.40. The van der Waals surface area contributed by atoms with Crippen LogP contribution in [0.25, 0.3) is 0 Å². The normalized spacial score (nSPS) is 26.5. The van der Waals surface area contributed by atoms with Crippen molar-refractivity contribution >= 4 is 15.7 Å². The predicted octanol–water partition coefficient (Wildman–Crippen LogP) is 2.28. The summed E-state index contributed by atoms with van der Waals surface area (Å²) in [5.74, 6) is 0.0341. The Morgan fingerprint density at radius 3 is 2.33 bits per heavy atom. The number of aromatic nitrogens is 1. The third-order valence-corrected chi connectivity index (χ3v) is 7.28. The molecule has 2 saturated heterocycles. The van der Waals surface area contributed by atoms with Crippen molar-refractivity contribution in [3.63, 3.8) is 0 Å². The van der Waals surface area contributed by atoms with Gasteiger partial charge in [-0.1, -0.05) is 23.4 Å². The number of hydrogen-bond acceptors (Lipinski definition) is 5. The Morgan fingerprint density at radius 2 is 1.75 bits per heavy atom. The standard InChI is InChI=1S/C17H18N2O4S/c20-17(16-8-9-18-23-16)19-12-6-7-13(19)11-15(10-12)24(21,22)14-4-2-1-3-5-14/h1-5,8-9,12-13,15H,6-7,10-11H2/t12-,13-/m0/s1. The molecule has 2 fully saturated rings. The highest BCUT2D eigenvalue weighted by molar-refractivity contribution is 7.92. The lowest BCUT2D eigenvalue weighted by Crippen LogP contribution is -2.49. The maximum atomic E-state index is 12.9. The third-order valence-electron chi connectivity index (χ3n) is 5.08. The molecule has 1 amide bonds. The zero-order valence-electron chi connectivity index (χ0n) is 13.0. The molecule has 2 bridgehead atoms. The van der Waals surface area contributed by atoms with Crippen LogP contribution in [-0.2, 0) is 9.84 Å². The van der Waals surface area contributed by atoms with E-state index in [4.69, 9.17) is 4.52 Å². The van der Waals surface area contributed by atoms with Gasteiger partial charge in [0, 0.05) is 18.2 Å². The Kier molecular flexibility index (Phi) is 3.68. The SMILES string of the molecule is O=C(c1ccno1)N1[C@H]2CC[C@H]1CC(S(=O)(=O)c1ccccc1)C2. The molecule has 2 aromatic rings. The summed E-state index contributed by atoms with van der Waals surface area (Å²) in [5, 5.41) is 3.15. The first-order valence-corrected chi connectivity index (χ1v) is 9.64. The predicted molar refractivity (Wildman–Crippen MR) is 86.1 cm³/mol. The van der Waals surface area contributed by atoms with Crippen molar-refractivity contribution in [2.45, 2.75) is 47.9 Å². The summed E-state index contributed by atoms with van der Waals surface area (Å²) in [4.78, 5) is 14.8. The van der Waals surface area contributed by atoms with Crippen molar-refractivity contribution in [2.75, 3.05) is 0 Å². The van der Waals surface area contributed by atoms with Crippen LogP contribution in [0.15, 0.2) is 52.0 Å². The van der Waals surface area contributed by atoms with E-state index in [1.165, 1.54) is 6.20 Å². The van der Waals surface area contributed by atoms with Crippen LogP contribution < -0.4 is 0 Å². The van der Waals surface area contributed by atoms with Crippen molar-refractivity contribution < 1.29 is 17.7 Å². The summed E-state index contributed by atoms with van der Waals surface area (Å²) in [6.45, 7) is 0. The third kappa shape index (κ3) is 2.43. The van der Waals surface area contributed by atoms with Gasteiger partial charge in [-0.15, -0.1) is 0 Å². The molecule has 126 valence electrons. The Labute approximate surface area is 140 Å². The molecule has 7 heteroatoms. The Bertz CT molecular complexity index is 819. The molecular weight excluding hydrogens is 328 g/mol. The van der Waals surface area contributed by atoms with Crippen LogP contribution in [0.3, 0.4) is 0 Å². The van der Waals surface area contributed by atoms with E-state index in [0.29, 0.717) is 17.7 Å². The van der Waals surface area contributed by atoms with Gasteiger partial charge in [-0.25, -0.2) is 8.42 Å². The van der Waals surface area contributed by atoms with Crippen molar-refractivity contribution in [3.8, 4) is 0 Å². The number of hydrogen-bond donors (Lipinski definition) is 0. The molecule has 1 aromatic carbocycles. The Hall–Kier alpha value is -2.15. The van der Waals surface area contributed by atoms with Gasteiger partial charge < -0.3 is 9.42 Å². The summed E-state index contributed by atoms with van der Waals surface area (Å²) >= 11 is 0. The van der Waals surface area contributed by atoms with Gasteiger partial charge in [0.15, 0.2) is 9.84 Å². The lowest BCUT2D eigenvalue weighted by molar-refractivity contribution is 0.0556. The van der Waals surface area contributed by atoms with Gasteiger partial charge in [0.25, 0.3) is 5.91 Å².